The predicted molar refractivity (Wildman–Crippen MR) is 59.1 cm³/mol. The summed E-state index contributed by atoms with van der Waals surface area (Å²) in [5, 5.41) is 3.32. The molecule has 4 nitrogen and oxygen atoms in total. The molecule has 0 atom stereocenters. The Labute approximate surface area is 92.6 Å². The second-order valence-electron chi connectivity index (χ2n) is 3.02. The van der Waals surface area contributed by atoms with Crippen molar-refractivity contribution in [2.45, 2.75) is 6.55 Å². The van der Waals surface area contributed by atoms with E-state index in [1.54, 1.807) is 12.1 Å². The summed E-state index contributed by atoms with van der Waals surface area (Å²) in [6.45, 7) is -2.82. The monoisotopic (exact) mass is 243 g/mol. The molecule has 16 heavy (non-hydrogen) atoms. The number of benzene rings is 1. The molecule has 1 heterocycles. The lowest BCUT2D eigenvalue weighted by Gasteiger charge is -2.00. The van der Waals surface area contributed by atoms with E-state index in [2.05, 4.69) is 5.10 Å². The summed E-state index contributed by atoms with van der Waals surface area (Å²) in [5.74, 6) is 4.97. The van der Waals surface area contributed by atoms with Gasteiger partial charge in [0.1, 0.15) is 0 Å². The number of hydrogen-bond acceptors (Lipinski definition) is 4. The van der Waals surface area contributed by atoms with Crippen LogP contribution in [0.4, 0.5) is 8.78 Å². The van der Waals surface area contributed by atoms with Gasteiger partial charge in [0.05, 0.1) is 16.4 Å². The standard InChI is InChI=1S/C9H7F2N3OS/c10-8(11)14-6-2-1-5(4-13-12)3-7(6)16-9(14)15/h1-4,8H,12H2. The molecule has 1 aromatic heterocycles. The van der Waals surface area contributed by atoms with Gasteiger partial charge in [-0.15, -0.1) is 0 Å². The first kappa shape index (κ1) is 10.7. The topological polar surface area (TPSA) is 60.4 Å². The van der Waals surface area contributed by atoms with E-state index in [0.29, 0.717) is 14.8 Å². The number of fused-ring (bicyclic) bond motifs is 1. The second-order valence-corrected chi connectivity index (χ2v) is 4.01. The molecule has 0 aliphatic carbocycles. The summed E-state index contributed by atoms with van der Waals surface area (Å²) in [5.41, 5.74) is 0.886. The fourth-order valence-corrected chi connectivity index (χ4v) is 2.33. The van der Waals surface area contributed by atoms with E-state index in [4.69, 9.17) is 5.84 Å². The van der Waals surface area contributed by atoms with Crippen molar-refractivity contribution < 1.29 is 8.78 Å². The highest BCUT2D eigenvalue weighted by Crippen LogP contribution is 2.22. The number of hydrazone groups is 1. The largest absolute Gasteiger partial charge is 0.323 e. The highest BCUT2D eigenvalue weighted by Gasteiger charge is 2.14. The molecule has 2 N–H and O–H groups in total. The lowest BCUT2D eigenvalue weighted by molar-refractivity contribution is 0.0729. The zero-order valence-corrected chi connectivity index (χ0v) is 8.75. The molecule has 0 aliphatic rings. The molecule has 0 amide bonds. The van der Waals surface area contributed by atoms with Crippen LogP contribution in [0.25, 0.3) is 10.2 Å². The fourth-order valence-electron chi connectivity index (χ4n) is 1.40. The summed E-state index contributed by atoms with van der Waals surface area (Å²) in [4.78, 5) is 10.6. The van der Waals surface area contributed by atoms with Crippen LogP contribution in [0.15, 0.2) is 28.1 Å². The third kappa shape index (κ3) is 1.69. The maximum Gasteiger partial charge on any atom is 0.322 e. The molecule has 7 heteroatoms. The molecule has 0 radical (unpaired) electrons. The van der Waals surface area contributed by atoms with Crippen LogP contribution in [-0.4, -0.2) is 10.8 Å². The zero-order valence-electron chi connectivity index (χ0n) is 7.93. The molecule has 1 aromatic carbocycles. The lowest BCUT2D eigenvalue weighted by Crippen LogP contribution is -2.12. The minimum Gasteiger partial charge on any atom is -0.323 e. The van der Waals surface area contributed by atoms with Gasteiger partial charge in [-0.25, -0.2) is 4.57 Å². The summed E-state index contributed by atoms with van der Waals surface area (Å²) in [6, 6.07) is 4.62. The summed E-state index contributed by atoms with van der Waals surface area (Å²) < 4.78 is 26.1. The SMILES string of the molecule is NN=Cc1ccc2c(c1)sc(=O)n2C(F)F. The van der Waals surface area contributed by atoms with Crippen LogP contribution < -0.4 is 10.7 Å². The van der Waals surface area contributed by atoms with E-state index >= 15 is 0 Å². The fraction of sp³-hybridized carbons (Fsp3) is 0.111. The molecular formula is C9H7F2N3OS. The van der Waals surface area contributed by atoms with Gasteiger partial charge in [-0.1, -0.05) is 17.4 Å². The maximum absolute atomic E-state index is 12.6. The Morgan fingerprint density at radius 1 is 1.50 bits per heavy atom. The average Bonchev–Trinajstić information content (AvgIpc) is 2.53. The molecule has 2 rings (SSSR count). The summed E-state index contributed by atoms with van der Waals surface area (Å²) in [6.07, 6.45) is 1.39. The molecule has 0 unspecified atom stereocenters. The van der Waals surface area contributed by atoms with Gasteiger partial charge in [0.2, 0.25) is 0 Å². The van der Waals surface area contributed by atoms with Crippen molar-refractivity contribution >= 4 is 27.8 Å². The van der Waals surface area contributed by atoms with Crippen LogP contribution in [-0.2, 0) is 0 Å². The van der Waals surface area contributed by atoms with Gasteiger partial charge in [0.25, 0.3) is 0 Å². The van der Waals surface area contributed by atoms with E-state index in [1.807, 2.05) is 0 Å². The van der Waals surface area contributed by atoms with Crippen molar-refractivity contribution in [3.8, 4) is 0 Å². The number of nitrogens with zero attached hydrogens (tertiary/aromatic N) is 2. The van der Waals surface area contributed by atoms with Gasteiger partial charge >= 0.3 is 11.4 Å². The van der Waals surface area contributed by atoms with E-state index in [1.165, 1.54) is 12.3 Å². The Morgan fingerprint density at radius 3 is 2.88 bits per heavy atom. The normalized spacial score (nSPS) is 11.9. The van der Waals surface area contributed by atoms with Crippen molar-refractivity contribution in [3.63, 3.8) is 0 Å². The van der Waals surface area contributed by atoms with E-state index in [0.717, 1.165) is 11.3 Å². The number of nitrogens with two attached hydrogens (primary N) is 1. The first-order valence-corrected chi connectivity index (χ1v) is 5.11. The molecule has 0 bridgehead atoms. The van der Waals surface area contributed by atoms with Crippen molar-refractivity contribution in [2.75, 3.05) is 0 Å². The van der Waals surface area contributed by atoms with Gasteiger partial charge in [-0.05, 0) is 17.7 Å². The molecule has 0 saturated carbocycles. The average molecular weight is 243 g/mol. The smallest absolute Gasteiger partial charge is 0.322 e. The van der Waals surface area contributed by atoms with Crippen LogP contribution in [0.5, 0.6) is 0 Å². The third-order valence-electron chi connectivity index (χ3n) is 2.06. The quantitative estimate of drug-likeness (QED) is 0.496. The first-order valence-electron chi connectivity index (χ1n) is 4.30. The number of aromatic nitrogens is 1. The molecule has 0 fully saturated rings. The minimum atomic E-state index is -2.82. The Morgan fingerprint density at radius 2 is 2.25 bits per heavy atom. The predicted octanol–water partition coefficient (Wildman–Crippen LogP) is 1.75. The Bertz CT molecular complexity index is 602. The number of halogens is 2. The maximum atomic E-state index is 12.6. The molecule has 2 aromatic rings. The number of hydrogen-bond donors (Lipinski definition) is 1. The van der Waals surface area contributed by atoms with Crippen molar-refractivity contribution in [3.05, 3.63) is 33.4 Å². The second kappa shape index (κ2) is 4.01. The van der Waals surface area contributed by atoms with E-state index in [9.17, 15) is 13.6 Å². The highest BCUT2D eigenvalue weighted by molar-refractivity contribution is 7.16. The van der Waals surface area contributed by atoms with Crippen molar-refractivity contribution in [1.82, 2.24) is 4.57 Å². The lowest BCUT2D eigenvalue weighted by atomic mass is 10.2. The highest BCUT2D eigenvalue weighted by atomic mass is 32.1. The van der Waals surface area contributed by atoms with Gasteiger partial charge in [-0.3, -0.25) is 4.79 Å². The Hall–Kier alpha value is -1.76. The van der Waals surface area contributed by atoms with Gasteiger partial charge < -0.3 is 5.84 Å². The summed E-state index contributed by atoms with van der Waals surface area (Å²) >= 11 is 0.772. The minimum absolute atomic E-state index is 0.221. The number of thiazole rings is 1. The number of rotatable bonds is 2. The summed E-state index contributed by atoms with van der Waals surface area (Å²) in [7, 11) is 0. The van der Waals surface area contributed by atoms with Gasteiger partial charge in [-0.2, -0.15) is 13.9 Å². The number of alkyl halides is 2. The molecule has 84 valence electrons. The first-order chi connectivity index (χ1) is 7.63. The van der Waals surface area contributed by atoms with Gasteiger partial charge in [0.15, 0.2) is 0 Å². The van der Waals surface area contributed by atoms with Crippen LogP contribution in [0.1, 0.15) is 12.1 Å². The van der Waals surface area contributed by atoms with Gasteiger partial charge in [0, 0.05) is 0 Å². The molecular weight excluding hydrogens is 236 g/mol. The molecule has 0 spiro atoms. The molecule has 0 aliphatic heterocycles. The Kier molecular flexibility index (Phi) is 2.69. The van der Waals surface area contributed by atoms with Crippen molar-refractivity contribution in [2.24, 2.45) is 10.9 Å². The van der Waals surface area contributed by atoms with Crippen LogP contribution in [0.2, 0.25) is 0 Å². The van der Waals surface area contributed by atoms with E-state index in [-0.39, 0.29) is 5.52 Å². The van der Waals surface area contributed by atoms with Crippen LogP contribution >= 0.6 is 11.3 Å². The Balaban J connectivity index is 2.70. The van der Waals surface area contributed by atoms with E-state index < -0.39 is 11.4 Å². The van der Waals surface area contributed by atoms with Crippen molar-refractivity contribution in [1.29, 1.82) is 0 Å². The molecule has 0 saturated heterocycles. The van der Waals surface area contributed by atoms with Crippen LogP contribution in [0.3, 0.4) is 0 Å². The van der Waals surface area contributed by atoms with Crippen LogP contribution in [0, 0.1) is 0 Å². The zero-order chi connectivity index (χ0) is 11.7. The third-order valence-corrected chi connectivity index (χ3v) is 2.97.